The Hall–Kier alpha value is -1.51. The molecule has 0 aliphatic carbocycles. The minimum atomic E-state index is -1.56. The summed E-state index contributed by atoms with van der Waals surface area (Å²) >= 11 is 0. The van der Waals surface area contributed by atoms with Crippen molar-refractivity contribution in [3.05, 3.63) is 35.9 Å². The molecule has 0 aliphatic rings. The minimum absolute atomic E-state index is 0.294. The lowest BCUT2D eigenvalue weighted by Gasteiger charge is -2.02. The second-order valence-electron chi connectivity index (χ2n) is 4.17. The van der Waals surface area contributed by atoms with E-state index in [1.165, 1.54) is 0 Å². The number of amides is 1. The van der Waals surface area contributed by atoms with Gasteiger partial charge in [-0.3, -0.25) is 9.45 Å². The first-order valence-electron chi connectivity index (χ1n) is 4.76. The van der Waals surface area contributed by atoms with E-state index in [1.807, 2.05) is 6.07 Å². The van der Waals surface area contributed by atoms with Crippen LogP contribution in [0.15, 0.2) is 40.0 Å². The van der Waals surface area contributed by atoms with Gasteiger partial charge in [0.25, 0.3) is 5.91 Å². The molecule has 4 heteroatoms. The van der Waals surface area contributed by atoms with Crippen LogP contribution in [0, 0.1) is 0 Å². The normalized spacial score (nSPS) is 10.3. The maximum Gasteiger partial charge on any atom is 0.286 e. The van der Waals surface area contributed by atoms with Crippen molar-refractivity contribution in [1.82, 2.24) is 0 Å². The number of hydrogen-bond donors (Lipinski definition) is 0. The van der Waals surface area contributed by atoms with Crippen LogP contribution in [-0.2, 0) is 0 Å². The van der Waals surface area contributed by atoms with Crippen LogP contribution in [0.25, 0.3) is 0 Å². The summed E-state index contributed by atoms with van der Waals surface area (Å²) < 4.78 is 4.12. The van der Waals surface area contributed by atoms with Crippen LogP contribution in [0.1, 0.15) is 10.4 Å². The average Bonchev–Trinajstić information content (AvgIpc) is 2.17. The van der Waals surface area contributed by atoms with Crippen molar-refractivity contribution in [1.29, 1.82) is 0 Å². The van der Waals surface area contributed by atoms with E-state index in [1.54, 1.807) is 24.3 Å². The first-order chi connectivity index (χ1) is 6.99. The van der Waals surface area contributed by atoms with Crippen molar-refractivity contribution >= 4 is 20.2 Å². The maximum absolute atomic E-state index is 11.5. The van der Waals surface area contributed by atoms with Crippen molar-refractivity contribution in [3.8, 4) is 0 Å². The number of nitrogens with zero attached hydrogens (tertiary/aromatic N) is 2. The van der Waals surface area contributed by atoms with Gasteiger partial charge < -0.3 is 0 Å². The molecule has 0 fully saturated rings. The second-order valence-corrected chi connectivity index (χ2v) is 8.73. The fraction of sp³-hybridized carbons (Fsp3) is 0.273. The molecule has 0 aromatic heterocycles. The summed E-state index contributed by atoms with van der Waals surface area (Å²) in [4.78, 5) is 15.1. The molecule has 0 saturated heterocycles. The zero-order valence-electron chi connectivity index (χ0n) is 9.19. The topological polar surface area (TPSA) is 41.8 Å². The highest BCUT2D eigenvalue weighted by Crippen LogP contribution is 2.01. The fourth-order valence-electron chi connectivity index (χ4n) is 0.866. The van der Waals surface area contributed by atoms with E-state index < -0.39 is 8.24 Å². The monoisotopic (exact) mass is 218 g/mol. The molecule has 1 aromatic carbocycles. The van der Waals surface area contributed by atoms with Gasteiger partial charge in [-0.15, -0.1) is 4.99 Å². The number of carbonyl (C=O) groups excluding carboxylic acids is 1. The molecule has 0 atom stereocenters. The largest absolute Gasteiger partial charge is 0.286 e. The number of hydrogen-bond acceptors (Lipinski definition) is 2. The van der Waals surface area contributed by atoms with Gasteiger partial charge in [-0.05, 0) is 31.8 Å². The molecule has 78 valence electrons. The third kappa shape index (κ3) is 4.49. The first-order valence-corrected chi connectivity index (χ1v) is 8.21. The van der Waals surface area contributed by atoms with E-state index in [-0.39, 0.29) is 5.91 Å². The molecule has 0 radical (unpaired) electrons. The van der Waals surface area contributed by atoms with Crippen molar-refractivity contribution < 1.29 is 4.79 Å². The standard InChI is InChI=1S/C11H14N2OSi/c1-15(2,3)13-9-12-11(14)10-7-5-4-6-8-10/h4-8H,1-3H3. The predicted molar refractivity (Wildman–Crippen MR) is 64.0 cm³/mol. The van der Waals surface area contributed by atoms with E-state index in [0.717, 1.165) is 0 Å². The van der Waals surface area contributed by atoms with Crippen molar-refractivity contribution in [3.63, 3.8) is 0 Å². The van der Waals surface area contributed by atoms with Crippen molar-refractivity contribution in [2.24, 2.45) is 9.65 Å². The van der Waals surface area contributed by atoms with Crippen LogP contribution >= 0.6 is 0 Å². The molecule has 0 bridgehead atoms. The Bertz CT molecular complexity index is 400. The molecule has 3 nitrogen and oxygen atoms in total. The third-order valence-electron chi connectivity index (χ3n) is 1.56. The van der Waals surface area contributed by atoms with Gasteiger partial charge in [0.15, 0.2) is 8.24 Å². The smallest absolute Gasteiger partial charge is 0.267 e. The van der Waals surface area contributed by atoms with Crippen LogP contribution in [-0.4, -0.2) is 20.2 Å². The Labute approximate surface area is 90.7 Å². The summed E-state index contributed by atoms with van der Waals surface area (Å²) in [5, 5.41) is 0. The summed E-state index contributed by atoms with van der Waals surface area (Å²) in [6, 6.07) is 11.4. The zero-order valence-corrected chi connectivity index (χ0v) is 10.2. The van der Waals surface area contributed by atoms with Gasteiger partial charge in [0.1, 0.15) is 0 Å². The quantitative estimate of drug-likeness (QED) is 0.556. The van der Waals surface area contributed by atoms with Crippen LogP contribution in [0.2, 0.25) is 19.6 Å². The van der Waals surface area contributed by atoms with E-state index in [2.05, 4.69) is 35.3 Å². The highest BCUT2D eigenvalue weighted by atomic mass is 28.3. The number of aliphatic imine (C=N–C) groups is 1. The summed E-state index contributed by atoms with van der Waals surface area (Å²) in [6.45, 7) is 6.17. The summed E-state index contributed by atoms with van der Waals surface area (Å²) in [5.74, 6) is -0.294. The van der Waals surface area contributed by atoms with Gasteiger partial charge in [0.2, 0.25) is 0 Å². The summed E-state index contributed by atoms with van der Waals surface area (Å²) in [5.41, 5.74) is 0.566. The number of rotatable bonds is 2. The Kier molecular flexibility index (Phi) is 3.72. The third-order valence-corrected chi connectivity index (χ3v) is 2.33. The van der Waals surface area contributed by atoms with Crippen LogP contribution in [0.3, 0.4) is 0 Å². The molecule has 1 rings (SSSR count). The number of carbonyl (C=O) groups is 1. The first kappa shape index (κ1) is 11.6. The molecular formula is C11H14N2OSi. The zero-order chi connectivity index (χ0) is 11.3. The average molecular weight is 218 g/mol. The van der Waals surface area contributed by atoms with Crippen molar-refractivity contribution in [2.75, 3.05) is 0 Å². The molecule has 0 N–H and O–H groups in total. The van der Waals surface area contributed by atoms with Crippen LogP contribution in [0.5, 0.6) is 0 Å². The lowest BCUT2D eigenvalue weighted by atomic mass is 10.2. The molecule has 15 heavy (non-hydrogen) atoms. The lowest BCUT2D eigenvalue weighted by molar-refractivity contribution is 0.100. The second kappa shape index (κ2) is 4.82. The van der Waals surface area contributed by atoms with Crippen molar-refractivity contribution in [2.45, 2.75) is 19.6 Å². The molecule has 1 aromatic rings. The highest BCUT2D eigenvalue weighted by Gasteiger charge is 2.09. The summed E-state index contributed by atoms with van der Waals surface area (Å²) in [7, 11) is -1.56. The van der Waals surface area contributed by atoms with Gasteiger partial charge in [0.05, 0.1) is 6.01 Å². The molecule has 1 amide bonds. The Balaban J connectivity index is 2.77. The fourth-order valence-corrected chi connectivity index (χ4v) is 1.22. The Morgan fingerprint density at radius 3 is 2.33 bits per heavy atom. The Morgan fingerprint density at radius 1 is 1.20 bits per heavy atom. The van der Waals surface area contributed by atoms with Gasteiger partial charge in [0, 0.05) is 5.56 Å². The minimum Gasteiger partial charge on any atom is -0.267 e. The number of benzene rings is 1. The molecular weight excluding hydrogens is 204 g/mol. The van der Waals surface area contributed by atoms with Gasteiger partial charge >= 0.3 is 0 Å². The van der Waals surface area contributed by atoms with Crippen LogP contribution in [0.4, 0.5) is 0 Å². The maximum atomic E-state index is 11.5. The van der Waals surface area contributed by atoms with E-state index in [4.69, 9.17) is 0 Å². The highest BCUT2D eigenvalue weighted by molar-refractivity contribution is 6.75. The molecule has 0 aliphatic heterocycles. The van der Waals surface area contributed by atoms with Crippen LogP contribution < -0.4 is 0 Å². The Morgan fingerprint density at radius 2 is 1.80 bits per heavy atom. The van der Waals surface area contributed by atoms with E-state index in [0.29, 0.717) is 5.56 Å². The van der Waals surface area contributed by atoms with E-state index in [9.17, 15) is 4.79 Å². The van der Waals surface area contributed by atoms with Gasteiger partial charge in [-0.2, -0.15) is 0 Å². The van der Waals surface area contributed by atoms with Gasteiger partial charge in [-0.1, -0.05) is 18.2 Å². The molecule has 0 heterocycles. The molecule has 0 unspecified atom stereocenters. The lowest BCUT2D eigenvalue weighted by Crippen LogP contribution is -2.15. The van der Waals surface area contributed by atoms with Gasteiger partial charge in [-0.25, -0.2) is 0 Å². The molecule has 0 spiro atoms. The van der Waals surface area contributed by atoms with E-state index >= 15 is 0 Å². The summed E-state index contributed by atoms with van der Waals surface area (Å²) in [6.07, 6.45) is 0. The predicted octanol–water partition coefficient (Wildman–Crippen LogP) is 2.84. The SMILES string of the molecule is C[Si](C)(C)N=C=NC(=O)c1ccccc1. The molecule has 0 saturated carbocycles.